The molecule has 0 bridgehead atoms. The number of nitrogens with zero attached hydrogens (tertiary/aromatic N) is 5. The van der Waals surface area contributed by atoms with Crippen molar-refractivity contribution in [1.29, 1.82) is 0 Å². The van der Waals surface area contributed by atoms with Gasteiger partial charge in [0.05, 0.1) is 11.3 Å². The van der Waals surface area contributed by atoms with Gasteiger partial charge in [0.2, 0.25) is 5.91 Å². The van der Waals surface area contributed by atoms with Gasteiger partial charge in [-0.05, 0) is 56.0 Å². The third-order valence-electron chi connectivity index (χ3n) is 6.73. The summed E-state index contributed by atoms with van der Waals surface area (Å²) >= 11 is 0. The molecule has 182 valence electrons. The van der Waals surface area contributed by atoms with Crippen molar-refractivity contribution in [2.75, 3.05) is 26.2 Å². The molecule has 0 radical (unpaired) electrons. The van der Waals surface area contributed by atoms with Gasteiger partial charge in [-0.15, -0.1) is 0 Å². The Bertz CT molecular complexity index is 1190. The zero-order valence-electron chi connectivity index (χ0n) is 20.0. The van der Waals surface area contributed by atoms with Crippen molar-refractivity contribution in [1.82, 2.24) is 24.6 Å². The summed E-state index contributed by atoms with van der Waals surface area (Å²) in [4.78, 5) is 21.7. The van der Waals surface area contributed by atoms with E-state index in [2.05, 4.69) is 16.9 Å². The van der Waals surface area contributed by atoms with Crippen LogP contribution in [0.25, 0.3) is 11.0 Å². The second kappa shape index (κ2) is 9.37. The molecule has 0 saturated carbocycles. The second-order valence-corrected chi connectivity index (χ2v) is 9.06. The van der Waals surface area contributed by atoms with E-state index in [1.165, 1.54) is 12.1 Å². The number of rotatable bonds is 5. The topological polar surface area (TPSA) is 54.3 Å². The van der Waals surface area contributed by atoms with Crippen LogP contribution < -0.4 is 0 Å². The number of fused-ring (bicyclic) bond motifs is 1. The molecule has 2 aromatic heterocycles. The van der Waals surface area contributed by atoms with E-state index in [1.807, 2.05) is 25.8 Å². The summed E-state index contributed by atoms with van der Waals surface area (Å²) in [5.41, 5.74) is 5.20. The molecule has 0 N–H and O–H groups in total. The van der Waals surface area contributed by atoms with Gasteiger partial charge in [-0.2, -0.15) is 18.3 Å². The Hall–Kier alpha value is -2.94. The molecule has 4 rings (SSSR count). The minimum absolute atomic E-state index is 0.121. The summed E-state index contributed by atoms with van der Waals surface area (Å²) in [5.74, 6) is 0.121. The van der Waals surface area contributed by atoms with Crippen LogP contribution in [0.3, 0.4) is 0 Å². The Morgan fingerprint density at radius 2 is 1.65 bits per heavy atom. The average molecular weight is 474 g/mol. The van der Waals surface area contributed by atoms with Gasteiger partial charge in [-0.3, -0.25) is 14.4 Å². The first-order valence-electron chi connectivity index (χ1n) is 11.5. The van der Waals surface area contributed by atoms with Crippen LogP contribution in [0.1, 0.15) is 40.1 Å². The van der Waals surface area contributed by atoms with E-state index in [0.29, 0.717) is 45.6 Å². The fraction of sp³-hybridized carbons (Fsp3) is 0.480. The first kappa shape index (κ1) is 24.2. The van der Waals surface area contributed by atoms with E-state index in [9.17, 15) is 18.0 Å². The van der Waals surface area contributed by atoms with Crippen LogP contribution in [0.2, 0.25) is 0 Å². The zero-order chi connectivity index (χ0) is 24.6. The first-order valence-corrected chi connectivity index (χ1v) is 11.5. The molecule has 0 atom stereocenters. The van der Waals surface area contributed by atoms with Crippen LogP contribution >= 0.6 is 0 Å². The molecule has 3 aromatic rings. The molecule has 0 aliphatic carbocycles. The molecule has 1 aliphatic rings. The Labute approximate surface area is 197 Å². The number of carbonyl (C=O) groups is 1. The van der Waals surface area contributed by atoms with Crippen molar-refractivity contribution < 1.29 is 18.0 Å². The number of pyridine rings is 1. The summed E-state index contributed by atoms with van der Waals surface area (Å²) in [6.07, 6.45) is -3.26. The first-order chi connectivity index (χ1) is 16.0. The monoisotopic (exact) mass is 473 g/mol. The molecule has 6 nitrogen and oxygen atoms in total. The zero-order valence-corrected chi connectivity index (χ0v) is 20.0. The molecule has 34 heavy (non-hydrogen) atoms. The molecular weight excluding hydrogens is 443 g/mol. The number of hydrogen-bond acceptors (Lipinski definition) is 4. The number of halogens is 3. The summed E-state index contributed by atoms with van der Waals surface area (Å²) in [7, 11) is 1.89. The van der Waals surface area contributed by atoms with Crippen molar-refractivity contribution in [3.8, 4) is 0 Å². The highest BCUT2D eigenvalue weighted by molar-refractivity contribution is 5.84. The standard InChI is InChI=1S/C25H30F3N5O/c1-16-21(17(2)29-24-23(16)18(3)30-31(24)4)9-10-22(34)33-13-11-32(12-14-33)15-19-5-7-20(8-6-19)25(26,27)28/h5-8H,9-15H2,1-4H3. The summed E-state index contributed by atoms with van der Waals surface area (Å²) in [6.45, 7) is 9.26. The predicted molar refractivity (Wildman–Crippen MR) is 124 cm³/mol. The number of piperazine rings is 1. The minimum atomic E-state index is -4.32. The highest BCUT2D eigenvalue weighted by atomic mass is 19.4. The minimum Gasteiger partial charge on any atom is -0.340 e. The third-order valence-corrected chi connectivity index (χ3v) is 6.73. The van der Waals surface area contributed by atoms with Crippen LogP contribution in [0, 0.1) is 20.8 Å². The van der Waals surface area contributed by atoms with Crippen molar-refractivity contribution in [2.45, 2.75) is 46.3 Å². The maximum absolute atomic E-state index is 12.9. The van der Waals surface area contributed by atoms with Gasteiger partial charge in [0.15, 0.2) is 5.65 Å². The van der Waals surface area contributed by atoms with Gasteiger partial charge in [0.25, 0.3) is 0 Å². The molecule has 1 aliphatic heterocycles. The Morgan fingerprint density at radius 3 is 2.26 bits per heavy atom. The lowest BCUT2D eigenvalue weighted by Crippen LogP contribution is -2.48. The number of amides is 1. The van der Waals surface area contributed by atoms with Crippen molar-refractivity contribution in [2.24, 2.45) is 7.05 Å². The van der Waals surface area contributed by atoms with Crippen LogP contribution in [0.15, 0.2) is 24.3 Å². The average Bonchev–Trinajstić information content (AvgIpc) is 3.06. The number of benzene rings is 1. The molecule has 1 fully saturated rings. The fourth-order valence-corrected chi connectivity index (χ4v) is 4.83. The van der Waals surface area contributed by atoms with Gasteiger partial charge < -0.3 is 4.90 Å². The van der Waals surface area contributed by atoms with Gasteiger partial charge in [0.1, 0.15) is 0 Å². The van der Waals surface area contributed by atoms with E-state index in [-0.39, 0.29) is 5.91 Å². The Morgan fingerprint density at radius 1 is 1.00 bits per heavy atom. The van der Waals surface area contributed by atoms with Crippen LogP contribution in [0.5, 0.6) is 0 Å². The quantitative estimate of drug-likeness (QED) is 0.558. The van der Waals surface area contributed by atoms with Crippen molar-refractivity contribution in [3.63, 3.8) is 0 Å². The largest absolute Gasteiger partial charge is 0.416 e. The lowest BCUT2D eigenvalue weighted by atomic mass is 9.99. The third kappa shape index (κ3) is 4.94. The molecule has 0 unspecified atom stereocenters. The molecule has 9 heteroatoms. The summed E-state index contributed by atoms with van der Waals surface area (Å²) in [5, 5.41) is 5.54. The fourth-order valence-electron chi connectivity index (χ4n) is 4.83. The van der Waals surface area contributed by atoms with Gasteiger partial charge in [0, 0.05) is 57.3 Å². The van der Waals surface area contributed by atoms with Crippen LogP contribution in [-0.2, 0) is 31.0 Å². The number of aromatic nitrogens is 3. The lowest BCUT2D eigenvalue weighted by molar-refractivity contribution is -0.137. The Balaban J connectivity index is 1.32. The molecule has 3 heterocycles. The summed E-state index contributed by atoms with van der Waals surface area (Å²) in [6, 6.07) is 5.30. The van der Waals surface area contributed by atoms with E-state index >= 15 is 0 Å². The normalized spacial score (nSPS) is 15.3. The molecular formula is C25H30F3N5O. The number of hydrogen-bond donors (Lipinski definition) is 0. The van der Waals surface area contributed by atoms with Crippen molar-refractivity contribution >= 4 is 16.9 Å². The Kier molecular flexibility index (Phi) is 6.66. The van der Waals surface area contributed by atoms with Crippen molar-refractivity contribution in [3.05, 3.63) is 57.9 Å². The maximum atomic E-state index is 12.9. The number of aryl methyl sites for hydroxylation is 4. The van der Waals surface area contributed by atoms with E-state index in [4.69, 9.17) is 4.98 Å². The number of alkyl halides is 3. The van der Waals surface area contributed by atoms with E-state index in [0.717, 1.165) is 51.2 Å². The highest BCUT2D eigenvalue weighted by Gasteiger charge is 2.30. The van der Waals surface area contributed by atoms with Gasteiger partial charge in [-0.1, -0.05) is 12.1 Å². The predicted octanol–water partition coefficient (Wildman–Crippen LogP) is 4.19. The molecule has 1 aromatic carbocycles. The second-order valence-electron chi connectivity index (χ2n) is 9.06. The SMILES string of the molecule is Cc1nc2c(c(C)nn2C)c(C)c1CCC(=O)N1CCN(Cc2ccc(C(F)(F)F)cc2)CC1. The maximum Gasteiger partial charge on any atom is 0.416 e. The molecule has 1 amide bonds. The van der Waals surface area contributed by atoms with Crippen LogP contribution in [-0.4, -0.2) is 56.7 Å². The van der Waals surface area contributed by atoms with Gasteiger partial charge >= 0.3 is 6.18 Å². The number of carbonyl (C=O) groups excluding carboxylic acids is 1. The molecule has 1 saturated heterocycles. The molecule has 0 spiro atoms. The lowest BCUT2D eigenvalue weighted by Gasteiger charge is -2.35. The van der Waals surface area contributed by atoms with Crippen LogP contribution in [0.4, 0.5) is 13.2 Å². The van der Waals surface area contributed by atoms with E-state index < -0.39 is 11.7 Å². The summed E-state index contributed by atoms with van der Waals surface area (Å²) < 4.78 is 40.0. The van der Waals surface area contributed by atoms with E-state index in [1.54, 1.807) is 4.68 Å². The highest BCUT2D eigenvalue weighted by Crippen LogP contribution is 2.29. The van der Waals surface area contributed by atoms with Gasteiger partial charge in [-0.25, -0.2) is 4.98 Å². The smallest absolute Gasteiger partial charge is 0.340 e.